The molecule has 3 aromatic rings. The Morgan fingerprint density at radius 3 is 2.47 bits per heavy atom. The van der Waals surface area contributed by atoms with Gasteiger partial charge >= 0.3 is 5.97 Å². The highest BCUT2D eigenvalue weighted by Crippen LogP contribution is 2.31. The lowest BCUT2D eigenvalue weighted by atomic mass is 10.1. The minimum Gasteiger partial charge on any atom is -0.507 e. The summed E-state index contributed by atoms with van der Waals surface area (Å²) in [5, 5.41) is 11.7. The SMILES string of the molecule is CN(Cc1ccc2c(c1)OCCO2)C(=O)COC(=O)c1cc2ccccc2cc1O. The first-order valence-electron chi connectivity index (χ1n) is 9.52. The molecule has 0 radical (unpaired) electrons. The maximum Gasteiger partial charge on any atom is 0.342 e. The van der Waals surface area contributed by atoms with Crippen molar-refractivity contribution in [1.29, 1.82) is 0 Å². The average molecular weight is 407 g/mol. The van der Waals surface area contributed by atoms with Gasteiger partial charge in [0.1, 0.15) is 24.5 Å². The van der Waals surface area contributed by atoms with E-state index in [1.54, 1.807) is 13.1 Å². The summed E-state index contributed by atoms with van der Waals surface area (Å²) in [6, 6.07) is 15.9. The van der Waals surface area contributed by atoms with E-state index in [2.05, 4.69) is 0 Å². The smallest absolute Gasteiger partial charge is 0.342 e. The lowest BCUT2D eigenvalue weighted by Crippen LogP contribution is -2.31. The van der Waals surface area contributed by atoms with Crippen molar-refractivity contribution in [3.8, 4) is 17.2 Å². The summed E-state index contributed by atoms with van der Waals surface area (Å²) in [6.45, 7) is 0.909. The van der Waals surface area contributed by atoms with E-state index in [0.717, 1.165) is 16.3 Å². The van der Waals surface area contributed by atoms with Crippen LogP contribution < -0.4 is 9.47 Å². The number of benzene rings is 3. The van der Waals surface area contributed by atoms with Crippen molar-refractivity contribution < 1.29 is 28.9 Å². The maximum atomic E-state index is 12.4. The summed E-state index contributed by atoms with van der Waals surface area (Å²) < 4.78 is 16.2. The van der Waals surface area contributed by atoms with Gasteiger partial charge in [0.15, 0.2) is 18.1 Å². The van der Waals surface area contributed by atoms with Crippen molar-refractivity contribution >= 4 is 22.6 Å². The number of likely N-dealkylation sites (N-methyl/N-ethyl adjacent to an activating group) is 1. The van der Waals surface area contributed by atoms with E-state index in [1.807, 2.05) is 42.5 Å². The summed E-state index contributed by atoms with van der Waals surface area (Å²) in [7, 11) is 1.63. The molecule has 7 heteroatoms. The van der Waals surface area contributed by atoms with Gasteiger partial charge in [-0.2, -0.15) is 0 Å². The Kier molecular flexibility index (Phi) is 5.43. The van der Waals surface area contributed by atoms with Gasteiger partial charge in [-0.1, -0.05) is 30.3 Å². The number of amides is 1. The normalized spacial score (nSPS) is 12.4. The molecule has 1 aliphatic heterocycles. The van der Waals surface area contributed by atoms with Crippen LogP contribution in [0.2, 0.25) is 0 Å². The molecule has 0 atom stereocenters. The number of aromatic hydroxyl groups is 1. The Balaban J connectivity index is 1.37. The summed E-state index contributed by atoms with van der Waals surface area (Å²) in [4.78, 5) is 26.2. The third-order valence-electron chi connectivity index (χ3n) is 4.86. The second kappa shape index (κ2) is 8.32. The Morgan fingerprint density at radius 2 is 1.70 bits per heavy atom. The predicted octanol–water partition coefficient (Wildman–Crippen LogP) is 3.13. The molecule has 154 valence electrons. The van der Waals surface area contributed by atoms with Crippen molar-refractivity contribution in [2.45, 2.75) is 6.54 Å². The van der Waals surface area contributed by atoms with Crippen LogP contribution >= 0.6 is 0 Å². The molecule has 0 bridgehead atoms. The molecule has 0 unspecified atom stereocenters. The van der Waals surface area contributed by atoms with Gasteiger partial charge in [-0.05, 0) is 40.6 Å². The minimum atomic E-state index is -0.751. The number of phenolic OH excluding ortho intramolecular Hbond substituents is 1. The van der Waals surface area contributed by atoms with Gasteiger partial charge in [0.2, 0.25) is 0 Å². The van der Waals surface area contributed by atoms with E-state index < -0.39 is 12.6 Å². The van der Waals surface area contributed by atoms with Gasteiger partial charge in [0.05, 0.1) is 0 Å². The fourth-order valence-electron chi connectivity index (χ4n) is 3.26. The standard InChI is InChI=1S/C23H21NO6/c1-24(13-15-6-7-20-21(10-15)29-9-8-28-20)22(26)14-30-23(27)18-11-16-4-2-3-5-17(16)12-19(18)25/h2-7,10-12,25H,8-9,13-14H2,1H3. The van der Waals surface area contributed by atoms with Gasteiger partial charge in [0, 0.05) is 13.6 Å². The highest BCUT2D eigenvalue weighted by molar-refractivity contribution is 5.99. The Bertz CT molecular complexity index is 1110. The average Bonchev–Trinajstić information content (AvgIpc) is 2.76. The Hall–Kier alpha value is -3.74. The number of phenols is 1. The number of fused-ring (bicyclic) bond motifs is 2. The summed E-state index contributed by atoms with van der Waals surface area (Å²) in [6.07, 6.45) is 0. The van der Waals surface area contributed by atoms with Crippen molar-refractivity contribution in [1.82, 2.24) is 4.90 Å². The quantitative estimate of drug-likeness (QED) is 0.654. The number of hydrogen-bond donors (Lipinski definition) is 1. The molecule has 1 N–H and O–H groups in total. The van der Waals surface area contributed by atoms with Crippen LogP contribution in [0, 0.1) is 0 Å². The molecule has 0 saturated carbocycles. The lowest BCUT2D eigenvalue weighted by molar-refractivity contribution is -0.133. The zero-order valence-electron chi connectivity index (χ0n) is 16.5. The van der Waals surface area contributed by atoms with Crippen molar-refractivity contribution in [2.24, 2.45) is 0 Å². The van der Waals surface area contributed by atoms with Crippen LogP contribution in [0.5, 0.6) is 17.2 Å². The molecule has 30 heavy (non-hydrogen) atoms. The molecule has 1 aliphatic rings. The number of carbonyl (C=O) groups is 2. The van der Waals surface area contributed by atoms with Crippen LogP contribution in [0.1, 0.15) is 15.9 Å². The van der Waals surface area contributed by atoms with Crippen LogP contribution in [-0.4, -0.2) is 48.8 Å². The van der Waals surface area contributed by atoms with Gasteiger partial charge in [-0.3, -0.25) is 4.79 Å². The molecule has 1 heterocycles. The monoisotopic (exact) mass is 407 g/mol. The highest BCUT2D eigenvalue weighted by Gasteiger charge is 2.18. The van der Waals surface area contributed by atoms with Crippen molar-refractivity contribution in [3.63, 3.8) is 0 Å². The Morgan fingerprint density at radius 1 is 1.00 bits per heavy atom. The van der Waals surface area contributed by atoms with Gasteiger partial charge in [-0.15, -0.1) is 0 Å². The Labute approximate surface area is 173 Å². The van der Waals surface area contributed by atoms with Crippen LogP contribution in [0.3, 0.4) is 0 Å². The number of esters is 1. The molecule has 0 saturated heterocycles. The first kappa shape index (κ1) is 19.6. The fraction of sp³-hybridized carbons (Fsp3) is 0.217. The van der Waals surface area contributed by atoms with Crippen LogP contribution in [0.25, 0.3) is 10.8 Å². The van der Waals surface area contributed by atoms with Crippen molar-refractivity contribution in [2.75, 3.05) is 26.9 Å². The first-order valence-corrected chi connectivity index (χ1v) is 9.52. The minimum absolute atomic E-state index is 0.0241. The number of hydrogen-bond acceptors (Lipinski definition) is 6. The molecule has 7 nitrogen and oxygen atoms in total. The molecule has 3 aromatic carbocycles. The van der Waals surface area contributed by atoms with E-state index in [-0.39, 0.29) is 17.2 Å². The second-order valence-electron chi connectivity index (χ2n) is 7.02. The van der Waals surface area contributed by atoms with Crippen LogP contribution in [0.4, 0.5) is 0 Å². The molecule has 0 aliphatic carbocycles. The topological polar surface area (TPSA) is 85.3 Å². The number of rotatable bonds is 5. The fourth-order valence-corrected chi connectivity index (χ4v) is 3.26. The molecule has 0 aromatic heterocycles. The zero-order valence-corrected chi connectivity index (χ0v) is 16.5. The van der Waals surface area contributed by atoms with Crippen molar-refractivity contribution in [3.05, 3.63) is 65.7 Å². The van der Waals surface area contributed by atoms with Gasteiger partial charge in [0.25, 0.3) is 5.91 Å². The summed E-state index contributed by atoms with van der Waals surface area (Å²) >= 11 is 0. The van der Waals surface area contributed by atoms with E-state index in [9.17, 15) is 14.7 Å². The molecular formula is C23H21NO6. The number of ether oxygens (including phenoxy) is 3. The predicted molar refractivity (Wildman–Crippen MR) is 110 cm³/mol. The third-order valence-corrected chi connectivity index (χ3v) is 4.86. The summed E-state index contributed by atoms with van der Waals surface area (Å²) in [5.41, 5.74) is 0.893. The van der Waals surface area contributed by atoms with Crippen LogP contribution in [0.15, 0.2) is 54.6 Å². The van der Waals surface area contributed by atoms with Gasteiger partial charge < -0.3 is 24.2 Å². The van der Waals surface area contributed by atoms with E-state index in [0.29, 0.717) is 31.3 Å². The van der Waals surface area contributed by atoms with Gasteiger partial charge in [-0.25, -0.2) is 4.79 Å². The molecule has 0 fully saturated rings. The molecule has 1 amide bonds. The zero-order chi connectivity index (χ0) is 21.1. The van der Waals surface area contributed by atoms with Crippen LogP contribution in [-0.2, 0) is 16.1 Å². The molecular weight excluding hydrogens is 386 g/mol. The van der Waals surface area contributed by atoms with E-state index in [4.69, 9.17) is 14.2 Å². The second-order valence-corrected chi connectivity index (χ2v) is 7.02. The lowest BCUT2D eigenvalue weighted by Gasteiger charge is -2.21. The maximum absolute atomic E-state index is 12.4. The van der Waals surface area contributed by atoms with E-state index in [1.165, 1.54) is 11.0 Å². The third kappa shape index (κ3) is 4.15. The molecule has 4 rings (SSSR count). The first-order chi connectivity index (χ1) is 14.5. The van der Waals surface area contributed by atoms with E-state index >= 15 is 0 Å². The largest absolute Gasteiger partial charge is 0.507 e. The number of carbonyl (C=O) groups excluding carboxylic acids is 2. The molecule has 0 spiro atoms. The summed E-state index contributed by atoms with van der Waals surface area (Å²) in [5.74, 6) is 0.0366. The highest BCUT2D eigenvalue weighted by atomic mass is 16.6. The number of nitrogens with zero attached hydrogens (tertiary/aromatic N) is 1.